The van der Waals surface area contributed by atoms with Gasteiger partial charge in [-0.1, -0.05) is 55.3 Å². The van der Waals surface area contributed by atoms with E-state index >= 15 is 0 Å². The van der Waals surface area contributed by atoms with Gasteiger partial charge in [0, 0.05) is 44.3 Å². The molecule has 6 nitrogen and oxygen atoms in total. The normalized spacial score (nSPS) is 21.4. The lowest BCUT2D eigenvalue weighted by Crippen LogP contribution is -2.52. The van der Waals surface area contributed by atoms with Gasteiger partial charge in [-0.15, -0.1) is 0 Å². The van der Waals surface area contributed by atoms with Gasteiger partial charge < -0.3 is 15.0 Å². The second kappa shape index (κ2) is 10.8. The molecule has 5 rings (SSSR count). The number of nitrogens with zero attached hydrogens (tertiary/aromatic N) is 3. The van der Waals surface area contributed by atoms with Crippen LogP contribution in [0, 0.1) is 6.92 Å². The van der Waals surface area contributed by atoms with Crippen molar-refractivity contribution < 1.29 is 9.53 Å². The third-order valence-corrected chi connectivity index (χ3v) is 7.81. The highest BCUT2D eigenvalue weighted by molar-refractivity contribution is 5.94. The molecule has 0 radical (unpaired) electrons. The molecule has 2 aromatic carbocycles. The molecule has 184 valence electrons. The first-order valence-electron chi connectivity index (χ1n) is 13.0. The van der Waals surface area contributed by atoms with Crippen molar-refractivity contribution >= 4 is 16.7 Å². The molecule has 35 heavy (non-hydrogen) atoms. The van der Waals surface area contributed by atoms with Crippen molar-refractivity contribution in [3.63, 3.8) is 0 Å². The van der Waals surface area contributed by atoms with E-state index in [1.165, 1.54) is 35.6 Å². The summed E-state index contributed by atoms with van der Waals surface area (Å²) in [4.78, 5) is 24.3. The first-order chi connectivity index (χ1) is 17.1. The molecule has 1 saturated heterocycles. The van der Waals surface area contributed by atoms with Gasteiger partial charge in [0.15, 0.2) is 0 Å². The lowest BCUT2D eigenvalue weighted by Gasteiger charge is -2.38. The molecule has 1 aliphatic carbocycles. The highest BCUT2D eigenvalue weighted by atomic mass is 16.5. The van der Waals surface area contributed by atoms with E-state index < -0.39 is 0 Å². The summed E-state index contributed by atoms with van der Waals surface area (Å²) in [6.07, 6.45) is 9.31. The minimum absolute atomic E-state index is 0.0237. The first-order valence-corrected chi connectivity index (χ1v) is 13.0. The maximum absolute atomic E-state index is 13.4. The standard InChI is InChI=1S/C29H36N4O2/c1-20-26(18-21-11-12-22-7-3-4-8-23(22)17-21)30-19-31-28(20)29(34)33-15-13-24(14-16-33)32-25-9-5-6-10-27(25)35-2/h3-4,7-8,11-12,17,19,24-25,27,32H,5-6,9-10,13-16,18H2,1-2H3. The fraction of sp³-hybridized carbons (Fsp3) is 0.483. The molecule has 2 fully saturated rings. The summed E-state index contributed by atoms with van der Waals surface area (Å²) < 4.78 is 5.71. The number of hydrogen-bond acceptors (Lipinski definition) is 5. The van der Waals surface area contributed by atoms with Crippen LogP contribution in [0.2, 0.25) is 0 Å². The highest BCUT2D eigenvalue weighted by Crippen LogP contribution is 2.24. The van der Waals surface area contributed by atoms with E-state index in [1.807, 2.05) is 18.9 Å². The molecular weight excluding hydrogens is 436 g/mol. The Morgan fingerprint density at radius 3 is 2.60 bits per heavy atom. The Bertz CT molecular complexity index is 1170. The van der Waals surface area contributed by atoms with Gasteiger partial charge in [0.25, 0.3) is 5.91 Å². The van der Waals surface area contributed by atoms with Gasteiger partial charge in [0.05, 0.1) is 11.8 Å². The van der Waals surface area contributed by atoms with Gasteiger partial charge in [-0.25, -0.2) is 9.97 Å². The van der Waals surface area contributed by atoms with E-state index in [2.05, 4.69) is 57.7 Å². The van der Waals surface area contributed by atoms with E-state index in [9.17, 15) is 4.79 Å². The van der Waals surface area contributed by atoms with E-state index in [1.54, 1.807) is 6.33 Å². The maximum Gasteiger partial charge on any atom is 0.272 e. The van der Waals surface area contributed by atoms with Crippen molar-refractivity contribution in [1.29, 1.82) is 0 Å². The first kappa shape index (κ1) is 23.9. The number of methoxy groups -OCH3 is 1. The van der Waals surface area contributed by atoms with Crippen molar-refractivity contribution in [1.82, 2.24) is 20.2 Å². The number of amides is 1. The van der Waals surface area contributed by atoms with E-state index in [0.29, 0.717) is 30.3 Å². The van der Waals surface area contributed by atoms with Crippen LogP contribution in [-0.2, 0) is 11.2 Å². The Labute approximate surface area is 208 Å². The minimum atomic E-state index is 0.0237. The summed E-state index contributed by atoms with van der Waals surface area (Å²) >= 11 is 0. The van der Waals surface area contributed by atoms with Crippen molar-refractivity contribution in [2.75, 3.05) is 20.2 Å². The Morgan fingerprint density at radius 2 is 1.80 bits per heavy atom. The Morgan fingerprint density at radius 1 is 1.03 bits per heavy atom. The minimum Gasteiger partial charge on any atom is -0.380 e. The lowest BCUT2D eigenvalue weighted by molar-refractivity contribution is 0.0329. The number of rotatable bonds is 6. The zero-order chi connectivity index (χ0) is 24.2. The average Bonchev–Trinajstić information content (AvgIpc) is 2.90. The van der Waals surface area contributed by atoms with Crippen LogP contribution in [0.1, 0.15) is 65.8 Å². The number of piperidine rings is 1. The van der Waals surface area contributed by atoms with Gasteiger partial charge in [-0.3, -0.25) is 4.79 Å². The van der Waals surface area contributed by atoms with Crippen molar-refractivity contribution in [3.05, 3.63) is 71.3 Å². The Balaban J connectivity index is 1.22. The Hall–Kier alpha value is -2.83. The number of nitrogens with one attached hydrogen (secondary N) is 1. The average molecular weight is 473 g/mol. The zero-order valence-electron chi connectivity index (χ0n) is 20.9. The SMILES string of the molecule is COC1CCCCC1NC1CCN(C(=O)c2ncnc(Cc3ccc4ccccc4c3)c2C)CC1. The summed E-state index contributed by atoms with van der Waals surface area (Å²) in [6.45, 7) is 3.49. The number of carbonyl (C=O) groups is 1. The molecule has 6 heteroatoms. The van der Waals surface area contributed by atoms with Crippen LogP contribution in [-0.4, -0.2) is 59.2 Å². The summed E-state index contributed by atoms with van der Waals surface area (Å²) in [6, 6.07) is 15.7. The van der Waals surface area contributed by atoms with Gasteiger partial charge in [-0.05, 0) is 48.9 Å². The van der Waals surface area contributed by atoms with Crippen molar-refractivity contribution in [2.45, 2.75) is 70.1 Å². The number of aromatic nitrogens is 2. The molecule has 0 spiro atoms. The fourth-order valence-electron chi connectivity index (χ4n) is 5.69. The Kier molecular flexibility index (Phi) is 7.40. The monoisotopic (exact) mass is 472 g/mol. The molecule has 2 unspecified atom stereocenters. The molecule has 0 bridgehead atoms. The predicted molar refractivity (Wildman–Crippen MR) is 139 cm³/mol. The van der Waals surface area contributed by atoms with E-state index in [4.69, 9.17) is 4.74 Å². The quantitative estimate of drug-likeness (QED) is 0.564. The third kappa shape index (κ3) is 5.39. The van der Waals surface area contributed by atoms with Crippen LogP contribution >= 0.6 is 0 Å². The highest BCUT2D eigenvalue weighted by Gasteiger charge is 2.30. The van der Waals surface area contributed by atoms with Gasteiger partial charge in [-0.2, -0.15) is 0 Å². The van der Waals surface area contributed by atoms with Gasteiger partial charge in [0.2, 0.25) is 0 Å². The van der Waals surface area contributed by atoms with Crippen LogP contribution in [0.25, 0.3) is 10.8 Å². The van der Waals surface area contributed by atoms with E-state index in [0.717, 1.165) is 43.6 Å². The topological polar surface area (TPSA) is 67.3 Å². The summed E-state index contributed by atoms with van der Waals surface area (Å²) in [5.74, 6) is 0.0237. The number of ether oxygens (including phenoxy) is 1. The fourth-order valence-corrected chi connectivity index (χ4v) is 5.69. The molecule has 2 atom stereocenters. The lowest BCUT2D eigenvalue weighted by atomic mass is 9.90. The molecule has 1 N–H and O–H groups in total. The molecule has 1 aromatic heterocycles. The second-order valence-electron chi connectivity index (χ2n) is 10.1. The van der Waals surface area contributed by atoms with Gasteiger partial charge in [0.1, 0.15) is 12.0 Å². The van der Waals surface area contributed by atoms with Crippen molar-refractivity contribution in [3.8, 4) is 0 Å². The predicted octanol–water partition coefficient (Wildman–Crippen LogP) is 4.68. The summed E-state index contributed by atoms with van der Waals surface area (Å²) in [5, 5.41) is 6.27. The van der Waals surface area contributed by atoms with Crippen LogP contribution in [0.5, 0.6) is 0 Å². The molecular formula is C29H36N4O2. The molecule has 1 amide bonds. The smallest absolute Gasteiger partial charge is 0.272 e. The second-order valence-corrected chi connectivity index (χ2v) is 10.1. The molecule has 2 aliphatic rings. The number of hydrogen-bond donors (Lipinski definition) is 1. The van der Waals surface area contributed by atoms with Crippen LogP contribution in [0.15, 0.2) is 48.8 Å². The number of likely N-dealkylation sites (tertiary alicyclic amines) is 1. The van der Waals surface area contributed by atoms with Crippen LogP contribution in [0.3, 0.4) is 0 Å². The number of fused-ring (bicyclic) bond motifs is 1. The van der Waals surface area contributed by atoms with Crippen LogP contribution < -0.4 is 5.32 Å². The molecule has 1 aliphatic heterocycles. The van der Waals surface area contributed by atoms with Gasteiger partial charge >= 0.3 is 0 Å². The summed E-state index contributed by atoms with van der Waals surface area (Å²) in [5.41, 5.74) is 3.52. The van der Waals surface area contributed by atoms with Crippen LogP contribution in [0.4, 0.5) is 0 Å². The zero-order valence-corrected chi connectivity index (χ0v) is 20.9. The maximum atomic E-state index is 13.4. The van der Waals surface area contributed by atoms with E-state index in [-0.39, 0.29) is 5.91 Å². The summed E-state index contributed by atoms with van der Waals surface area (Å²) in [7, 11) is 1.82. The number of carbonyl (C=O) groups excluding carboxylic acids is 1. The molecule has 1 saturated carbocycles. The van der Waals surface area contributed by atoms with Crippen molar-refractivity contribution in [2.24, 2.45) is 0 Å². The molecule has 3 aromatic rings. The molecule has 2 heterocycles. The number of benzene rings is 2. The third-order valence-electron chi connectivity index (χ3n) is 7.81. The largest absolute Gasteiger partial charge is 0.380 e.